The lowest BCUT2D eigenvalue weighted by atomic mass is 10.1. The van der Waals surface area contributed by atoms with E-state index in [1.54, 1.807) is 11.3 Å². The van der Waals surface area contributed by atoms with Crippen LogP contribution in [0.1, 0.15) is 11.1 Å². The average Bonchev–Trinajstić information content (AvgIpc) is 3.20. The third kappa shape index (κ3) is 2.69. The molecular formula is C20H19N3S. The summed E-state index contributed by atoms with van der Waals surface area (Å²) >= 11 is 1.64. The van der Waals surface area contributed by atoms with Crippen LogP contribution in [-0.2, 0) is 6.54 Å². The number of anilines is 1. The Balaban J connectivity index is 1.86. The third-order valence-electron chi connectivity index (χ3n) is 4.23. The van der Waals surface area contributed by atoms with Crippen LogP contribution in [0.2, 0.25) is 0 Å². The largest absolute Gasteiger partial charge is 0.365 e. The molecule has 0 fully saturated rings. The van der Waals surface area contributed by atoms with Gasteiger partial charge in [-0.1, -0.05) is 42.0 Å². The molecule has 0 spiro atoms. The summed E-state index contributed by atoms with van der Waals surface area (Å²) in [5.41, 5.74) is 6.05. The first kappa shape index (κ1) is 15.0. The second-order valence-corrected chi connectivity index (χ2v) is 6.82. The molecule has 0 unspecified atom stereocenters. The maximum absolute atomic E-state index is 4.69. The minimum atomic E-state index is 0.865. The molecule has 4 aromatic rings. The minimum Gasteiger partial charge on any atom is -0.365 e. The fourth-order valence-corrected chi connectivity index (χ4v) is 3.71. The molecule has 0 saturated carbocycles. The number of hydrogen-bond donors (Lipinski definition) is 1. The van der Waals surface area contributed by atoms with Crippen LogP contribution < -0.4 is 5.32 Å². The number of thiazole rings is 1. The van der Waals surface area contributed by atoms with Crippen molar-refractivity contribution in [3.63, 3.8) is 0 Å². The molecular weight excluding hydrogens is 314 g/mol. The van der Waals surface area contributed by atoms with Gasteiger partial charge in [-0.15, -0.1) is 11.3 Å². The summed E-state index contributed by atoms with van der Waals surface area (Å²) in [6.45, 7) is 3.00. The fourth-order valence-electron chi connectivity index (χ4n) is 3.04. The van der Waals surface area contributed by atoms with Crippen LogP contribution in [-0.4, -0.2) is 16.6 Å². The van der Waals surface area contributed by atoms with Gasteiger partial charge in [0.05, 0.1) is 5.69 Å². The van der Waals surface area contributed by atoms with Crippen molar-refractivity contribution in [1.29, 1.82) is 0 Å². The minimum absolute atomic E-state index is 0.865. The van der Waals surface area contributed by atoms with Gasteiger partial charge in [-0.3, -0.25) is 0 Å². The molecule has 2 aromatic carbocycles. The van der Waals surface area contributed by atoms with E-state index in [4.69, 9.17) is 4.98 Å². The second kappa shape index (κ2) is 6.13. The van der Waals surface area contributed by atoms with Crippen molar-refractivity contribution in [3.8, 4) is 11.3 Å². The van der Waals surface area contributed by atoms with E-state index >= 15 is 0 Å². The first-order valence-electron chi connectivity index (χ1n) is 8.01. The normalized spacial score (nSPS) is 11.1. The third-order valence-corrected chi connectivity index (χ3v) is 5.09. The average molecular weight is 333 g/mol. The molecule has 0 saturated heterocycles. The Labute approximate surface area is 145 Å². The molecule has 2 heterocycles. The summed E-state index contributed by atoms with van der Waals surface area (Å²) in [6, 6.07) is 17.2. The summed E-state index contributed by atoms with van der Waals surface area (Å²) in [4.78, 5) is 4.69. The molecule has 2 aromatic heterocycles. The Morgan fingerprint density at radius 1 is 1.12 bits per heavy atom. The van der Waals surface area contributed by atoms with Crippen LogP contribution in [0, 0.1) is 6.92 Å². The molecule has 4 rings (SSSR count). The predicted octanol–water partition coefficient (Wildman–Crippen LogP) is 5.16. The summed E-state index contributed by atoms with van der Waals surface area (Å²) in [6.07, 6.45) is 2.23. The molecule has 1 N–H and O–H groups in total. The highest BCUT2D eigenvalue weighted by Gasteiger charge is 2.13. The van der Waals surface area contributed by atoms with Gasteiger partial charge in [0.15, 0.2) is 5.13 Å². The van der Waals surface area contributed by atoms with Gasteiger partial charge in [0.2, 0.25) is 0 Å². The van der Waals surface area contributed by atoms with Gasteiger partial charge in [-0.05, 0) is 24.6 Å². The highest BCUT2D eigenvalue weighted by molar-refractivity contribution is 7.14. The number of nitrogens with one attached hydrogen (secondary N) is 1. The Morgan fingerprint density at radius 2 is 1.96 bits per heavy atom. The predicted molar refractivity (Wildman–Crippen MR) is 103 cm³/mol. The van der Waals surface area contributed by atoms with Crippen LogP contribution in [0.15, 0.2) is 60.1 Å². The van der Waals surface area contributed by atoms with Crippen LogP contribution in [0.25, 0.3) is 22.2 Å². The van der Waals surface area contributed by atoms with E-state index < -0.39 is 0 Å². The van der Waals surface area contributed by atoms with Crippen LogP contribution >= 0.6 is 11.3 Å². The SMILES string of the molecule is CNc1nc(-c2cn(Cc3ccccc3)c3ccc(C)cc23)cs1. The molecule has 3 nitrogen and oxygen atoms in total. The Kier molecular flexibility index (Phi) is 3.82. The van der Waals surface area contributed by atoms with Crippen molar-refractivity contribution in [2.75, 3.05) is 12.4 Å². The maximum Gasteiger partial charge on any atom is 0.182 e. The van der Waals surface area contributed by atoms with E-state index in [9.17, 15) is 0 Å². The number of fused-ring (bicyclic) bond motifs is 1. The molecule has 0 radical (unpaired) electrons. The van der Waals surface area contributed by atoms with Gasteiger partial charge in [0.25, 0.3) is 0 Å². The first-order chi connectivity index (χ1) is 11.7. The van der Waals surface area contributed by atoms with E-state index in [1.807, 2.05) is 7.05 Å². The zero-order valence-electron chi connectivity index (χ0n) is 13.8. The zero-order valence-corrected chi connectivity index (χ0v) is 14.6. The van der Waals surface area contributed by atoms with E-state index in [-0.39, 0.29) is 0 Å². The van der Waals surface area contributed by atoms with Gasteiger partial charge in [-0.2, -0.15) is 0 Å². The topological polar surface area (TPSA) is 29.9 Å². The van der Waals surface area contributed by atoms with E-state index in [1.165, 1.54) is 27.6 Å². The quantitative estimate of drug-likeness (QED) is 0.559. The Bertz CT molecular complexity index is 983. The van der Waals surface area contributed by atoms with Crippen molar-refractivity contribution in [3.05, 3.63) is 71.2 Å². The first-order valence-corrected chi connectivity index (χ1v) is 8.89. The fraction of sp³-hybridized carbons (Fsp3) is 0.150. The standard InChI is InChI=1S/C20H19N3S/c1-14-8-9-19-16(10-14)17(18-13-24-20(21-2)22-18)12-23(19)11-15-6-4-3-5-7-15/h3-10,12-13H,11H2,1-2H3,(H,21,22). The molecule has 0 aliphatic carbocycles. The van der Waals surface area contributed by atoms with Gasteiger partial charge in [0.1, 0.15) is 0 Å². The molecule has 120 valence electrons. The van der Waals surface area contributed by atoms with E-state index in [0.29, 0.717) is 0 Å². The number of benzene rings is 2. The maximum atomic E-state index is 4.69. The lowest BCUT2D eigenvalue weighted by Gasteiger charge is -2.05. The highest BCUT2D eigenvalue weighted by atomic mass is 32.1. The van der Waals surface area contributed by atoms with Crippen molar-refractivity contribution >= 4 is 27.4 Å². The molecule has 0 atom stereocenters. The molecule has 0 aliphatic heterocycles. The zero-order chi connectivity index (χ0) is 16.5. The lowest BCUT2D eigenvalue weighted by Crippen LogP contribution is -1.97. The summed E-state index contributed by atoms with van der Waals surface area (Å²) in [5, 5.41) is 7.45. The molecule has 0 amide bonds. The number of rotatable bonds is 4. The van der Waals surface area contributed by atoms with E-state index in [2.05, 4.69) is 76.9 Å². The van der Waals surface area contributed by atoms with Crippen LogP contribution in [0.3, 0.4) is 0 Å². The molecule has 4 heteroatoms. The monoisotopic (exact) mass is 333 g/mol. The van der Waals surface area contributed by atoms with Crippen molar-refractivity contribution in [2.45, 2.75) is 13.5 Å². The van der Waals surface area contributed by atoms with Gasteiger partial charge < -0.3 is 9.88 Å². The molecule has 24 heavy (non-hydrogen) atoms. The Hall–Kier alpha value is -2.59. The van der Waals surface area contributed by atoms with E-state index in [0.717, 1.165) is 17.4 Å². The highest BCUT2D eigenvalue weighted by Crippen LogP contribution is 2.33. The van der Waals surface area contributed by atoms with Gasteiger partial charge >= 0.3 is 0 Å². The molecule has 0 aliphatic rings. The smallest absolute Gasteiger partial charge is 0.182 e. The number of nitrogens with zero attached hydrogens (tertiary/aromatic N) is 2. The van der Waals surface area contributed by atoms with Gasteiger partial charge in [0, 0.05) is 41.6 Å². The van der Waals surface area contributed by atoms with Gasteiger partial charge in [-0.25, -0.2) is 4.98 Å². The second-order valence-electron chi connectivity index (χ2n) is 5.96. The summed E-state index contributed by atoms with van der Waals surface area (Å²) < 4.78 is 2.32. The Morgan fingerprint density at radius 3 is 2.71 bits per heavy atom. The lowest BCUT2D eigenvalue weighted by molar-refractivity contribution is 0.837. The van der Waals surface area contributed by atoms with Crippen molar-refractivity contribution in [1.82, 2.24) is 9.55 Å². The molecule has 0 bridgehead atoms. The number of aromatic nitrogens is 2. The summed E-state index contributed by atoms with van der Waals surface area (Å²) in [5.74, 6) is 0. The van der Waals surface area contributed by atoms with Crippen molar-refractivity contribution in [2.24, 2.45) is 0 Å². The van der Waals surface area contributed by atoms with Crippen molar-refractivity contribution < 1.29 is 0 Å². The number of hydrogen-bond acceptors (Lipinski definition) is 3. The van der Waals surface area contributed by atoms with Crippen LogP contribution in [0.4, 0.5) is 5.13 Å². The van der Waals surface area contributed by atoms with Crippen LogP contribution in [0.5, 0.6) is 0 Å². The summed E-state index contributed by atoms with van der Waals surface area (Å²) in [7, 11) is 1.91. The number of aryl methyl sites for hydroxylation is 1.